The Balaban J connectivity index is 1.96. The van der Waals surface area contributed by atoms with Crippen molar-refractivity contribution in [1.29, 1.82) is 0 Å². The first-order valence-corrected chi connectivity index (χ1v) is 6.86. The molecule has 0 aliphatic carbocycles. The second kappa shape index (κ2) is 4.50. The van der Waals surface area contributed by atoms with Gasteiger partial charge in [-0.25, -0.2) is 0 Å². The van der Waals surface area contributed by atoms with Crippen LogP contribution in [0.25, 0.3) is 0 Å². The molecule has 1 saturated heterocycles. The summed E-state index contributed by atoms with van der Waals surface area (Å²) in [5, 5.41) is 3.53. The minimum atomic E-state index is 0.344. The summed E-state index contributed by atoms with van der Waals surface area (Å²) in [4.78, 5) is 0. The Hall–Kier alpha value is -0.740. The maximum atomic E-state index is 5.60. The Labute approximate surface area is 110 Å². The quantitative estimate of drug-likeness (QED) is 0.910. The van der Waals surface area contributed by atoms with E-state index in [-0.39, 0.29) is 0 Å². The van der Waals surface area contributed by atoms with Gasteiger partial charge in [0.2, 0.25) is 6.79 Å². The lowest BCUT2D eigenvalue weighted by Crippen LogP contribution is -2.24. The van der Waals surface area contributed by atoms with Crippen LogP contribution in [0.5, 0.6) is 11.5 Å². The van der Waals surface area contributed by atoms with E-state index >= 15 is 0 Å². The SMILES string of the molecule is Cc1c(Br)cc2c(c1CC1CCCN1)OCO2. The number of ether oxygens (including phenoxy) is 2. The van der Waals surface area contributed by atoms with Crippen LogP contribution in [-0.4, -0.2) is 19.4 Å². The van der Waals surface area contributed by atoms with Crippen molar-refractivity contribution in [1.82, 2.24) is 5.32 Å². The highest BCUT2D eigenvalue weighted by atomic mass is 79.9. The highest BCUT2D eigenvalue weighted by Gasteiger charge is 2.25. The van der Waals surface area contributed by atoms with Gasteiger partial charge in [-0.05, 0) is 44.4 Å². The minimum Gasteiger partial charge on any atom is -0.454 e. The first-order chi connectivity index (χ1) is 8.25. The van der Waals surface area contributed by atoms with Gasteiger partial charge in [0.25, 0.3) is 0 Å². The summed E-state index contributed by atoms with van der Waals surface area (Å²) in [6.45, 7) is 3.61. The number of benzene rings is 1. The summed E-state index contributed by atoms with van der Waals surface area (Å²) in [5.74, 6) is 1.81. The van der Waals surface area contributed by atoms with Crippen molar-refractivity contribution in [3.8, 4) is 11.5 Å². The average molecular weight is 298 g/mol. The third-order valence-electron chi connectivity index (χ3n) is 3.60. The van der Waals surface area contributed by atoms with Gasteiger partial charge in [0.05, 0.1) is 0 Å². The molecule has 0 spiro atoms. The van der Waals surface area contributed by atoms with Gasteiger partial charge in [-0.3, -0.25) is 0 Å². The molecule has 0 amide bonds. The zero-order valence-corrected chi connectivity index (χ0v) is 11.5. The van der Waals surface area contributed by atoms with Gasteiger partial charge >= 0.3 is 0 Å². The molecule has 1 atom stereocenters. The summed E-state index contributed by atoms with van der Waals surface area (Å²) in [5.41, 5.74) is 2.55. The first kappa shape index (κ1) is 11.4. The van der Waals surface area contributed by atoms with Gasteiger partial charge in [0, 0.05) is 16.1 Å². The highest BCUT2D eigenvalue weighted by Crippen LogP contribution is 2.42. The number of nitrogens with one attached hydrogen (secondary N) is 1. The highest BCUT2D eigenvalue weighted by molar-refractivity contribution is 9.10. The molecule has 2 heterocycles. The molecule has 1 unspecified atom stereocenters. The summed E-state index contributed by atoms with van der Waals surface area (Å²) in [6, 6.07) is 2.58. The monoisotopic (exact) mass is 297 g/mol. The van der Waals surface area contributed by atoms with Crippen LogP contribution in [0.3, 0.4) is 0 Å². The molecule has 1 aromatic carbocycles. The molecular weight excluding hydrogens is 282 g/mol. The van der Waals surface area contributed by atoms with E-state index in [4.69, 9.17) is 9.47 Å². The number of rotatable bonds is 2. The van der Waals surface area contributed by atoms with Gasteiger partial charge in [-0.15, -0.1) is 0 Å². The molecule has 92 valence electrons. The number of fused-ring (bicyclic) bond motifs is 1. The molecule has 1 fully saturated rings. The normalized spacial score (nSPS) is 22.1. The molecule has 2 aliphatic rings. The lowest BCUT2D eigenvalue weighted by Gasteiger charge is -2.15. The van der Waals surface area contributed by atoms with Crippen molar-refractivity contribution < 1.29 is 9.47 Å². The summed E-state index contributed by atoms with van der Waals surface area (Å²) < 4.78 is 12.2. The van der Waals surface area contributed by atoms with Crippen molar-refractivity contribution in [3.05, 3.63) is 21.7 Å². The standard InChI is InChI=1S/C13H16BrNO2/c1-8-10(5-9-3-2-4-15-9)13-12(6-11(8)14)16-7-17-13/h6,9,15H,2-5,7H2,1H3. The molecule has 4 heteroatoms. The molecule has 1 N–H and O–H groups in total. The Kier molecular flexibility index (Phi) is 3.01. The van der Waals surface area contributed by atoms with E-state index in [9.17, 15) is 0 Å². The number of hydrogen-bond acceptors (Lipinski definition) is 3. The van der Waals surface area contributed by atoms with E-state index < -0.39 is 0 Å². The molecule has 0 radical (unpaired) electrons. The van der Waals surface area contributed by atoms with E-state index in [0.29, 0.717) is 12.8 Å². The van der Waals surface area contributed by atoms with Gasteiger partial charge in [0.15, 0.2) is 11.5 Å². The molecule has 2 aliphatic heterocycles. The van der Waals surface area contributed by atoms with E-state index in [2.05, 4.69) is 28.2 Å². The molecule has 3 nitrogen and oxygen atoms in total. The summed E-state index contributed by atoms with van der Waals surface area (Å²) in [6.07, 6.45) is 3.55. The lowest BCUT2D eigenvalue weighted by atomic mass is 9.98. The molecule has 0 saturated carbocycles. The molecular formula is C13H16BrNO2. The van der Waals surface area contributed by atoms with Crippen molar-refractivity contribution in [2.45, 2.75) is 32.2 Å². The summed E-state index contributed by atoms with van der Waals surface area (Å²) >= 11 is 3.59. The van der Waals surface area contributed by atoms with Crippen LogP contribution in [0.2, 0.25) is 0 Å². The van der Waals surface area contributed by atoms with E-state index in [0.717, 1.165) is 28.9 Å². The van der Waals surface area contributed by atoms with Gasteiger partial charge < -0.3 is 14.8 Å². The fraction of sp³-hybridized carbons (Fsp3) is 0.538. The number of halogens is 1. The minimum absolute atomic E-state index is 0.344. The topological polar surface area (TPSA) is 30.5 Å². The Morgan fingerprint density at radius 3 is 3.12 bits per heavy atom. The summed E-state index contributed by atoms with van der Waals surface area (Å²) in [7, 11) is 0. The second-order valence-electron chi connectivity index (χ2n) is 4.69. The van der Waals surface area contributed by atoms with Gasteiger partial charge in [0.1, 0.15) is 0 Å². The third kappa shape index (κ3) is 2.04. The van der Waals surface area contributed by atoms with Crippen LogP contribution in [0.1, 0.15) is 24.0 Å². The van der Waals surface area contributed by atoms with Crippen LogP contribution >= 0.6 is 15.9 Å². The van der Waals surface area contributed by atoms with E-state index in [1.54, 1.807) is 0 Å². The van der Waals surface area contributed by atoms with Crippen LogP contribution in [0, 0.1) is 6.92 Å². The van der Waals surface area contributed by atoms with Crippen LogP contribution in [-0.2, 0) is 6.42 Å². The zero-order chi connectivity index (χ0) is 11.8. The number of hydrogen-bond donors (Lipinski definition) is 1. The van der Waals surface area contributed by atoms with Crippen molar-refractivity contribution in [3.63, 3.8) is 0 Å². The van der Waals surface area contributed by atoms with Crippen molar-refractivity contribution >= 4 is 15.9 Å². The first-order valence-electron chi connectivity index (χ1n) is 6.06. The van der Waals surface area contributed by atoms with Crippen molar-refractivity contribution in [2.24, 2.45) is 0 Å². The fourth-order valence-electron chi connectivity index (χ4n) is 2.59. The van der Waals surface area contributed by atoms with Crippen LogP contribution < -0.4 is 14.8 Å². The van der Waals surface area contributed by atoms with Crippen LogP contribution in [0.4, 0.5) is 0 Å². The Morgan fingerprint density at radius 2 is 2.35 bits per heavy atom. The van der Waals surface area contributed by atoms with E-state index in [1.807, 2.05) is 6.07 Å². The van der Waals surface area contributed by atoms with Gasteiger partial charge in [-0.2, -0.15) is 0 Å². The smallest absolute Gasteiger partial charge is 0.231 e. The predicted octanol–water partition coefficient (Wildman–Crippen LogP) is 2.78. The average Bonchev–Trinajstić information content (AvgIpc) is 2.94. The molecule has 1 aromatic rings. The third-order valence-corrected chi connectivity index (χ3v) is 4.42. The van der Waals surface area contributed by atoms with E-state index in [1.165, 1.54) is 24.0 Å². The maximum absolute atomic E-state index is 5.60. The lowest BCUT2D eigenvalue weighted by molar-refractivity contribution is 0.173. The zero-order valence-electron chi connectivity index (χ0n) is 9.88. The Bertz CT molecular complexity index is 442. The largest absolute Gasteiger partial charge is 0.454 e. The predicted molar refractivity (Wildman–Crippen MR) is 69.7 cm³/mol. The molecule has 3 rings (SSSR count). The van der Waals surface area contributed by atoms with Gasteiger partial charge in [-0.1, -0.05) is 15.9 Å². The molecule has 0 bridgehead atoms. The second-order valence-corrected chi connectivity index (χ2v) is 5.55. The maximum Gasteiger partial charge on any atom is 0.231 e. The fourth-order valence-corrected chi connectivity index (χ4v) is 3.04. The Morgan fingerprint density at radius 1 is 1.47 bits per heavy atom. The van der Waals surface area contributed by atoms with Crippen LogP contribution in [0.15, 0.2) is 10.5 Å². The molecule has 17 heavy (non-hydrogen) atoms. The van der Waals surface area contributed by atoms with Crippen molar-refractivity contribution in [2.75, 3.05) is 13.3 Å². The molecule has 0 aromatic heterocycles.